The number of carbonyl (C=O) groups is 2. The van der Waals surface area contributed by atoms with Crippen LogP contribution >= 0.6 is 23.1 Å². The van der Waals surface area contributed by atoms with Crippen LogP contribution in [0, 0.1) is 10.1 Å². The summed E-state index contributed by atoms with van der Waals surface area (Å²) >= 11 is 2.80. The summed E-state index contributed by atoms with van der Waals surface area (Å²) in [4.78, 5) is 55.7. The Balaban J connectivity index is 1.34. The minimum absolute atomic E-state index is 0.000289. The van der Waals surface area contributed by atoms with E-state index in [0.29, 0.717) is 17.0 Å². The maximum Gasteiger partial charge on any atom is 0.316 e. The van der Waals surface area contributed by atoms with Crippen LogP contribution in [0.5, 0.6) is 0 Å². The molecule has 0 saturated heterocycles. The molecule has 0 fully saturated rings. The molecule has 1 amide bonds. The second-order valence-electron chi connectivity index (χ2n) is 7.57. The monoisotopic (exact) mass is 488 g/mol. The van der Waals surface area contributed by atoms with E-state index in [1.165, 1.54) is 28.8 Å². The molecule has 2 aromatic heterocycles. The predicted octanol–water partition coefficient (Wildman–Crippen LogP) is 2.85. The smallest absolute Gasteiger partial charge is 0.316 e. The van der Waals surface area contributed by atoms with Gasteiger partial charge in [-0.1, -0.05) is 0 Å². The molecule has 2 heterocycles. The van der Waals surface area contributed by atoms with Crippen LogP contribution in [-0.2, 0) is 34.7 Å². The number of hydrogen-bond acceptors (Lipinski definition) is 9. The van der Waals surface area contributed by atoms with Gasteiger partial charge in [-0.3, -0.25) is 24.5 Å². The van der Waals surface area contributed by atoms with E-state index < -0.39 is 16.8 Å². The molecule has 3 aromatic rings. The van der Waals surface area contributed by atoms with Gasteiger partial charge >= 0.3 is 5.97 Å². The summed E-state index contributed by atoms with van der Waals surface area (Å²) in [6, 6.07) is 3.63. The number of rotatable bonds is 8. The highest BCUT2D eigenvalue weighted by Gasteiger charge is 2.20. The Morgan fingerprint density at radius 3 is 2.82 bits per heavy atom. The summed E-state index contributed by atoms with van der Waals surface area (Å²) in [5.41, 5.74) is 6.12. The lowest BCUT2D eigenvalue weighted by atomic mass is 9.97. The number of esters is 1. The number of thioether (sulfide) groups is 1. The van der Waals surface area contributed by atoms with Gasteiger partial charge in [0.15, 0.2) is 0 Å². The zero-order valence-electron chi connectivity index (χ0n) is 17.4. The molecule has 0 bridgehead atoms. The average Bonchev–Trinajstić information content (AvgIpc) is 3.16. The number of amides is 1. The third-order valence-corrected chi connectivity index (χ3v) is 7.31. The maximum atomic E-state index is 12.6. The van der Waals surface area contributed by atoms with Gasteiger partial charge in [0.25, 0.3) is 11.2 Å². The standard InChI is InChI=1S/C21H20N4O6S2/c22-19(27)12-5-11(6-13(7-12)25(29)30)8-31-17(26)10-32-9-16-23-20(28)18-14-3-1-2-4-15(14)33-21(18)24-16/h5-7H,1-4,8-10H2,(H2,22,27)(H,23,24,28). The van der Waals surface area contributed by atoms with Crippen LogP contribution in [-0.4, -0.2) is 32.5 Å². The van der Waals surface area contributed by atoms with Crippen molar-refractivity contribution in [3.8, 4) is 0 Å². The van der Waals surface area contributed by atoms with Crippen molar-refractivity contribution in [2.24, 2.45) is 5.73 Å². The normalized spacial score (nSPS) is 13.0. The number of benzene rings is 1. The molecular weight excluding hydrogens is 468 g/mol. The Morgan fingerprint density at radius 2 is 2.06 bits per heavy atom. The van der Waals surface area contributed by atoms with Crippen LogP contribution in [0.1, 0.15) is 45.0 Å². The highest BCUT2D eigenvalue weighted by molar-refractivity contribution is 7.99. The van der Waals surface area contributed by atoms with Crippen molar-refractivity contribution in [1.29, 1.82) is 0 Å². The minimum atomic E-state index is -0.813. The lowest BCUT2D eigenvalue weighted by Gasteiger charge is -2.09. The first-order valence-corrected chi connectivity index (χ1v) is 12.1. The van der Waals surface area contributed by atoms with Gasteiger partial charge in [0.1, 0.15) is 17.3 Å². The van der Waals surface area contributed by atoms with E-state index in [4.69, 9.17) is 10.5 Å². The number of aromatic amines is 1. The highest BCUT2D eigenvalue weighted by Crippen LogP contribution is 2.33. The van der Waals surface area contributed by atoms with Gasteiger partial charge in [0.05, 0.1) is 21.8 Å². The van der Waals surface area contributed by atoms with E-state index in [1.54, 1.807) is 11.3 Å². The largest absolute Gasteiger partial charge is 0.460 e. The first-order chi connectivity index (χ1) is 15.8. The van der Waals surface area contributed by atoms with Crippen LogP contribution in [0.2, 0.25) is 0 Å². The Hall–Kier alpha value is -3.25. The molecule has 1 aromatic carbocycles. The highest BCUT2D eigenvalue weighted by atomic mass is 32.2. The van der Waals surface area contributed by atoms with Gasteiger partial charge in [0.2, 0.25) is 5.91 Å². The Bertz CT molecular complexity index is 1280. The molecule has 10 nitrogen and oxygen atoms in total. The van der Waals surface area contributed by atoms with E-state index in [1.807, 2.05) is 0 Å². The molecule has 1 aliphatic rings. The summed E-state index contributed by atoms with van der Waals surface area (Å²) in [5.74, 6) is -0.533. The average molecular weight is 489 g/mol. The van der Waals surface area contributed by atoms with Crippen LogP contribution < -0.4 is 11.3 Å². The zero-order valence-corrected chi connectivity index (χ0v) is 19.1. The van der Waals surface area contributed by atoms with Gasteiger partial charge < -0.3 is 15.5 Å². The van der Waals surface area contributed by atoms with Crippen molar-refractivity contribution in [1.82, 2.24) is 9.97 Å². The number of carbonyl (C=O) groups excluding carboxylic acids is 2. The summed E-state index contributed by atoms with van der Waals surface area (Å²) in [6.45, 7) is -0.233. The molecule has 0 spiro atoms. The number of nitrogens with one attached hydrogen (secondary N) is 1. The fraction of sp³-hybridized carbons (Fsp3) is 0.333. The van der Waals surface area contributed by atoms with E-state index in [-0.39, 0.29) is 34.7 Å². The number of non-ortho nitro benzene ring substituents is 1. The van der Waals surface area contributed by atoms with E-state index in [0.717, 1.165) is 42.1 Å². The van der Waals surface area contributed by atoms with Crippen molar-refractivity contribution in [3.05, 3.63) is 66.1 Å². The third kappa shape index (κ3) is 5.22. The fourth-order valence-corrected chi connectivity index (χ4v) is 5.68. The van der Waals surface area contributed by atoms with Gasteiger partial charge in [-0.15, -0.1) is 23.1 Å². The lowest BCUT2D eigenvalue weighted by molar-refractivity contribution is -0.385. The molecule has 0 unspecified atom stereocenters. The van der Waals surface area contributed by atoms with Crippen molar-refractivity contribution in [2.45, 2.75) is 38.0 Å². The van der Waals surface area contributed by atoms with Crippen molar-refractivity contribution in [2.75, 3.05) is 5.75 Å². The van der Waals surface area contributed by atoms with Crippen molar-refractivity contribution in [3.63, 3.8) is 0 Å². The van der Waals surface area contributed by atoms with Crippen LogP contribution in [0.3, 0.4) is 0 Å². The van der Waals surface area contributed by atoms with Crippen molar-refractivity contribution >= 4 is 50.9 Å². The first kappa shape index (κ1) is 22.9. The quantitative estimate of drug-likeness (QED) is 0.278. The van der Waals surface area contributed by atoms with Gasteiger partial charge in [0, 0.05) is 22.6 Å². The number of nitrogens with zero attached hydrogens (tertiary/aromatic N) is 2. The lowest BCUT2D eigenvalue weighted by Crippen LogP contribution is -2.14. The minimum Gasteiger partial charge on any atom is -0.460 e. The number of fused-ring (bicyclic) bond motifs is 3. The molecule has 0 saturated carbocycles. The molecule has 12 heteroatoms. The van der Waals surface area contributed by atoms with Crippen LogP contribution in [0.15, 0.2) is 23.0 Å². The van der Waals surface area contributed by atoms with E-state index >= 15 is 0 Å². The van der Waals surface area contributed by atoms with Crippen LogP contribution in [0.4, 0.5) is 5.69 Å². The van der Waals surface area contributed by atoms with E-state index in [2.05, 4.69) is 9.97 Å². The van der Waals surface area contributed by atoms with Gasteiger partial charge in [-0.2, -0.15) is 0 Å². The molecule has 0 aliphatic heterocycles. The molecule has 3 N–H and O–H groups in total. The Kier molecular flexibility index (Phi) is 6.75. The summed E-state index contributed by atoms with van der Waals surface area (Å²) < 4.78 is 5.16. The summed E-state index contributed by atoms with van der Waals surface area (Å²) in [5, 5.41) is 11.7. The SMILES string of the molecule is NC(=O)c1cc(COC(=O)CSCc2nc3sc4c(c3c(=O)[nH]2)CCCC4)cc([N+](=O)[O-])c1. The fourth-order valence-electron chi connectivity index (χ4n) is 3.72. The number of ether oxygens (including phenoxy) is 1. The van der Waals surface area contributed by atoms with Gasteiger partial charge in [-0.25, -0.2) is 4.98 Å². The number of nitrogens with two attached hydrogens (primary N) is 1. The zero-order chi connectivity index (χ0) is 23.5. The second kappa shape index (κ2) is 9.71. The molecule has 0 radical (unpaired) electrons. The van der Waals surface area contributed by atoms with Crippen molar-refractivity contribution < 1.29 is 19.2 Å². The first-order valence-electron chi connectivity index (χ1n) is 10.2. The Labute approximate surface area is 195 Å². The number of thiophene rings is 1. The number of H-pyrrole nitrogens is 1. The number of hydrogen-bond donors (Lipinski definition) is 2. The maximum absolute atomic E-state index is 12.6. The third-order valence-electron chi connectivity index (χ3n) is 5.21. The molecular formula is C21H20N4O6S2. The number of primary amides is 1. The summed E-state index contributed by atoms with van der Waals surface area (Å²) in [6.07, 6.45) is 4.10. The molecule has 172 valence electrons. The van der Waals surface area contributed by atoms with E-state index in [9.17, 15) is 24.5 Å². The number of aromatic nitrogens is 2. The van der Waals surface area contributed by atoms with Crippen LogP contribution in [0.25, 0.3) is 10.2 Å². The second-order valence-corrected chi connectivity index (χ2v) is 9.64. The number of aryl methyl sites for hydroxylation is 2. The number of nitro groups is 1. The molecule has 33 heavy (non-hydrogen) atoms. The molecule has 0 atom stereocenters. The molecule has 1 aliphatic carbocycles. The predicted molar refractivity (Wildman–Crippen MR) is 124 cm³/mol. The van der Waals surface area contributed by atoms with Gasteiger partial charge in [-0.05, 0) is 42.9 Å². The number of nitro benzene ring substituents is 1. The topological polar surface area (TPSA) is 158 Å². The Morgan fingerprint density at radius 1 is 1.27 bits per heavy atom. The molecule has 4 rings (SSSR count). The summed E-state index contributed by atoms with van der Waals surface area (Å²) in [7, 11) is 0.